The van der Waals surface area contributed by atoms with E-state index in [9.17, 15) is 0 Å². The Hall–Kier alpha value is -0.340. The minimum atomic E-state index is 0.193. The molecule has 0 N–H and O–H groups in total. The molecule has 86 valence electrons. The van der Waals surface area contributed by atoms with Crippen LogP contribution in [0.3, 0.4) is 0 Å². The van der Waals surface area contributed by atoms with Crippen molar-refractivity contribution in [1.29, 1.82) is 0 Å². The lowest BCUT2D eigenvalue weighted by Gasteiger charge is -2.47. The fraction of sp³-hybridized carbons (Fsp3) is 0.846. The zero-order valence-electron chi connectivity index (χ0n) is 10.5. The van der Waals surface area contributed by atoms with Crippen molar-refractivity contribution < 1.29 is 4.74 Å². The molecule has 0 amide bonds. The molecule has 15 heavy (non-hydrogen) atoms. The van der Waals surface area contributed by atoms with Gasteiger partial charge < -0.3 is 4.74 Å². The maximum Gasteiger partial charge on any atom is 0.0775 e. The van der Waals surface area contributed by atoms with Gasteiger partial charge >= 0.3 is 0 Å². The van der Waals surface area contributed by atoms with Crippen molar-refractivity contribution >= 4 is 0 Å². The molecule has 2 atom stereocenters. The maximum atomic E-state index is 5.72. The summed E-state index contributed by atoms with van der Waals surface area (Å²) in [6, 6.07) is 0. The van der Waals surface area contributed by atoms with E-state index in [2.05, 4.69) is 32.3 Å². The minimum absolute atomic E-state index is 0.193. The Morgan fingerprint density at radius 3 is 2.67 bits per heavy atom. The first kappa shape index (κ1) is 11.2. The molecule has 2 aliphatic rings. The van der Waals surface area contributed by atoms with Crippen LogP contribution < -0.4 is 0 Å². The Morgan fingerprint density at radius 1 is 1.47 bits per heavy atom. The van der Waals surface area contributed by atoms with Crippen molar-refractivity contribution in [3.05, 3.63) is 12.2 Å². The fourth-order valence-electron chi connectivity index (χ4n) is 3.60. The molecule has 2 heteroatoms. The Bertz CT molecular complexity index is 279. The quantitative estimate of drug-likeness (QED) is 0.615. The van der Waals surface area contributed by atoms with Crippen LogP contribution in [0.1, 0.15) is 33.6 Å². The van der Waals surface area contributed by atoms with E-state index in [1.165, 1.54) is 12.0 Å². The Kier molecular flexibility index (Phi) is 2.47. The van der Waals surface area contributed by atoms with Crippen LogP contribution in [0, 0.1) is 5.41 Å². The summed E-state index contributed by atoms with van der Waals surface area (Å²) >= 11 is 0. The highest BCUT2D eigenvalue weighted by atomic mass is 16.5. The van der Waals surface area contributed by atoms with Gasteiger partial charge in [0.2, 0.25) is 0 Å². The third-order valence-electron chi connectivity index (χ3n) is 4.28. The molecule has 2 heterocycles. The van der Waals surface area contributed by atoms with E-state index < -0.39 is 0 Å². The van der Waals surface area contributed by atoms with Gasteiger partial charge in [0.25, 0.3) is 0 Å². The van der Waals surface area contributed by atoms with Crippen LogP contribution in [0.2, 0.25) is 0 Å². The number of nitrogens with zero attached hydrogens (tertiary/aromatic N) is 1. The average molecular weight is 209 g/mol. The standard InChI is InChI=1S/C13H23NO/c1-10-8-13(12(2,3)4)11(15-5)6-7-14(13)9-10/h11H,1,6-9H2,2-5H3/t11-,13?/m1/s1. The molecule has 2 fully saturated rings. The highest BCUT2D eigenvalue weighted by Crippen LogP contribution is 2.52. The summed E-state index contributed by atoms with van der Waals surface area (Å²) in [4.78, 5) is 2.59. The number of rotatable bonds is 1. The van der Waals surface area contributed by atoms with E-state index in [4.69, 9.17) is 4.74 Å². The number of hydrogen-bond donors (Lipinski definition) is 0. The molecule has 0 bridgehead atoms. The van der Waals surface area contributed by atoms with Gasteiger partial charge in [0.1, 0.15) is 0 Å². The normalized spacial score (nSPS) is 37.3. The van der Waals surface area contributed by atoms with E-state index in [1.54, 1.807) is 0 Å². The Morgan fingerprint density at radius 2 is 2.13 bits per heavy atom. The minimum Gasteiger partial charge on any atom is -0.379 e. The summed E-state index contributed by atoms with van der Waals surface area (Å²) < 4.78 is 5.72. The highest BCUT2D eigenvalue weighted by molar-refractivity contribution is 5.24. The SMILES string of the molecule is C=C1CN2CC[C@@H](OC)C2(C(C)(C)C)C1. The van der Waals surface area contributed by atoms with Gasteiger partial charge in [-0.3, -0.25) is 4.90 Å². The Labute approximate surface area is 93.3 Å². The van der Waals surface area contributed by atoms with Crippen LogP contribution in [0.15, 0.2) is 12.2 Å². The fourth-order valence-corrected chi connectivity index (χ4v) is 3.60. The van der Waals surface area contributed by atoms with Crippen LogP contribution in [0.25, 0.3) is 0 Å². The number of hydrogen-bond acceptors (Lipinski definition) is 2. The average Bonchev–Trinajstić information content (AvgIpc) is 2.57. The van der Waals surface area contributed by atoms with E-state index in [0.717, 1.165) is 19.5 Å². The number of fused-ring (bicyclic) bond motifs is 1. The first-order valence-electron chi connectivity index (χ1n) is 5.86. The molecule has 0 radical (unpaired) electrons. The van der Waals surface area contributed by atoms with E-state index in [1.807, 2.05) is 7.11 Å². The van der Waals surface area contributed by atoms with E-state index >= 15 is 0 Å². The van der Waals surface area contributed by atoms with Crippen LogP contribution in [-0.2, 0) is 4.74 Å². The molecule has 0 aromatic heterocycles. The first-order chi connectivity index (χ1) is 6.91. The third-order valence-corrected chi connectivity index (χ3v) is 4.28. The Balaban J connectivity index is 2.40. The number of ether oxygens (including phenoxy) is 1. The lowest BCUT2D eigenvalue weighted by molar-refractivity contribution is -0.0474. The van der Waals surface area contributed by atoms with Gasteiger partial charge in [-0.2, -0.15) is 0 Å². The lowest BCUT2D eigenvalue weighted by atomic mass is 9.69. The monoisotopic (exact) mass is 209 g/mol. The van der Waals surface area contributed by atoms with Gasteiger partial charge in [0, 0.05) is 20.2 Å². The predicted octanol–water partition coefficient (Wildman–Crippen LogP) is 2.45. The van der Waals surface area contributed by atoms with Gasteiger partial charge in [-0.1, -0.05) is 32.9 Å². The summed E-state index contributed by atoms with van der Waals surface area (Å²) in [5, 5.41) is 0. The molecule has 1 unspecified atom stereocenters. The van der Waals surface area contributed by atoms with Crippen LogP contribution in [-0.4, -0.2) is 36.7 Å². The molecule has 2 nitrogen and oxygen atoms in total. The van der Waals surface area contributed by atoms with Gasteiger partial charge in [-0.15, -0.1) is 0 Å². The molecule has 0 aromatic rings. The lowest BCUT2D eigenvalue weighted by Crippen LogP contribution is -2.56. The topological polar surface area (TPSA) is 12.5 Å². The zero-order valence-corrected chi connectivity index (χ0v) is 10.5. The van der Waals surface area contributed by atoms with E-state index in [-0.39, 0.29) is 11.0 Å². The summed E-state index contributed by atoms with van der Waals surface area (Å²) in [6.07, 6.45) is 2.65. The second-order valence-corrected chi connectivity index (χ2v) is 6.04. The molecular weight excluding hydrogens is 186 g/mol. The molecule has 2 aliphatic heterocycles. The first-order valence-corrected chi connectivity index (χ1v) is 5.86. The molecule has 2 saturated heterocycles. The third kappa shape index (κ3) is 1.38. The molecule has 2 rings (SSSR count). The van der Waals surface area contributed by atoms with Crippen LogP contribution in [0.4, 0.5) is 0 Å². The smallest absolute Gasteiger partial charge is 0.0775 e. The maximum absolute atomic E-state index is 5.72. The van der Waals surface area contributed by atoms with Gasteiger partial charge in [-0.05, 0) is 18.3 Å². The van der Waals surface area contributed by atoms with Crippen molar-refractivity contribution in [2.75, 3.05) is 20.2 Å². The van der Waals surface area contributed by atoms with E-state index in [0.29, 0.717) is 6.10 Å². The summed E-state index contributed by atoms with van der Waals surface area (Å²) in [5.74, 6) is 0. The van der Waals surface area contributed by atoms with Crippen molar-refractivity contribution in [2.45, 2.75) is 45.3 Å². The molecule has 0 saturated carbocycles. The summed E-state index contributed by atoms with van der Waals surface area (Å²) in [6.45, 7) is 13.4. The molecule has 0 aliphatic carbocycles. The second-order valence-electron chi connectivity index (χ2n) is 6.04. The molecular formula is C13H23NO. The van der Waals surface area contributed by atoms with Gasteiger partial charge in [0.05, 0.1) is 11.6 Å². The van der Waals surface area contributed by atoms with Crippen LogP contribution >= 0.6 is 0 Å². The van der Waals surface area contributed by atoms with Crippen molar-refractivity contribution in [1.82, 2.24) is 4.90 Å². The van der Waals surface area contributed by atoms with Crippen molar-refractivity contribution in [3.8, 4) is 0 Å². The summed E-state index contributed by atoms with van der Waals surface area (Å²) in [7, 11) is 1.85. The summed E-state index contributed by atoms with van der Waals surface area (Å²) in [5.41, 5.74) is 1.81. The largest absolute Gasteiger partial charge is 0.379 e. The number of methoxy groups -OCH3 is 1. The van der Waals surface area contributed by atoms with Gasteiger partial charge in [-0.25, -0.2) is 0 Å². The van der Waals surface area contributed by atoms with Crippen molar-refractivity contribution in [3.63, 3.8) is 0 Å². The highest BCUT2D eigenvalue weighted by Gasteiger charge is 2.58. The second kappa shape index (κ2) is 3.33. The van der Waals surface area contributed by atoms with Crippen LogP contribution in [0.5, 0.6) is 0 Å². The van der Waals surface area contributed by atoms with Gasteiger partial charge in [0.15, 0.2) is 0 Å². The molecule has 0 spiro atoms. The van der Waals surface area contributed by atoms with Crippen molar-refractivity contribution in [2.24, 2.45) is 5.41 Å². The molecule has 0 aromatic carbocycles. The predicted molar refractivity (Wildman–Crippen MR) is 62.9 cm³/mol. The zero-order chi connectivity index (χ0) is 11.3.